The first-order valence-corrected chi connectivity index (χ1v) is 7.29. The number of aromatic nitrogens is 3. The predicted molar refractivity (Wildman–Crippen MR) is 75.7 cm³/mol. The van der Waals surface area contributed by atoms with E-state index in [1.807, 2.05) is 0 Å². The molecule has 0 atom stereocenters. The smallest absolute Gasteiger partial charge is 0.165 e. The average Bonchev–Trinajstić information content (AvgIpc) is 3.12. The monoisotopic (exact) mass is 325 g/mol. The topological polar surface area (TPSA) is 30.7 Å². The van der Waals surface area contributed by atoms with E-state index in [1.54, 1.807) is 0 Å². The summed E-state index contributed by atoms with van der Waals surface area (Å²) in [6.07, 6.45) is 2.39. The van der Waals surface area contributed by atoms with Gasteiger partial charge in [0.2, 0.25) is 0 Å². The lowest BCUT2D eigenvalue weighted by Gasteiger charge is -2.09. The minimum atomic E-state index is 0.410. The highest BCUT2D eigenvalue weighted by Crippen LogP contribution is 2.40. The van der Waals surface area contributed by atoms with Crippen LogP contribution in [0.5, 0.6) is 0 Å². The fourth-order valence-electron chi connectivity index (χ4n) is 2.13. The van der Waals surface area contributed by atoms with Crippen LogP contribution in [-0.2, 0) is 5.88 Å². The second kappa shape index (κ2) is 4.67. The molecule has 0 bridgehead atoms. The van der Waals surface area contributed by atoms with Gasteiger partial charge in [-0.3, -0.25) is 0 Å². The minimum absolute atomic E-state index is 0.410. The molecular weight excluding hydrogens is 314 g/mol. The molecule has 0 amide bonds. The van der Waals surface area contributed by atoms with E-state index in [0.717, 1.165) is 21.7 Å². The number of nitrogens with zero attached hydrogens (tertiary/aromatic N) is 3. The number of hydrogen-bond donors (Lipinski definition) is 0. The maximum Gasteiger partial charge on any atom is 0.165 e. The number of aryl methyl sites for hydroxylation is 1. The fraction of sp³-hybridized carbons (Fsp3) is 0.385. The molecule has 18 heavy (non-hydrogen) atoms. The van der Waals surface area contributed by atoms with E-state index in [-0.39, 0.29) is 0 Å². The van der Waals surface area contributed by atoms with Gasteiger partial charge in [0.15, 0.2) is 5.82 Å². The summed E-state index contributed by atoms with van der Waals surface area (Å²) in [5.41, 5.74) is 2.30. The van der Waals surface area contributed by atoms with E-state index in [1.165, 1.54) is 18.4 Å². The summed E-state index contributed by atoms with van der Waals surface area (Å²) in [5.74, 6) is 2.19. The molecule has 0 unspecified atom stereocenters. The third-order valence-corrected chi connectivity index (χ3v) is 4.09. The van der Waals surface area contributed by atoms with Crippen molar-refractivity contribution in [2.75, 3.05) is 0 Å². The fourth-order valence-corrected chi connectivity index (χ4v) is 2.73. The van der Waals surface area contributed by atoms with Crippen LogP contribution in [0, 0.1) is 6.92 Å². The first-order chi connectivity index (χ1) is 8.70. The third kappa shape index (κ3) is 2.08. The van der Waals surface area contributed by atoms with E-state index < -0.39 is 0 Å². The summed E-state index contributed by atoms with van der Waals surface area (Å²) >= 11 is 9.53. The molecule has 0 spiro atoms. The molecule has 3 rings (SSSR count). The highest BCUT2D eigenvalue weighted by atomic mass is 79.9. The van der Waals surface area contributed by atoms with Gasteiger partial charge in [0, 0.05) is 16.1 Å². The zero-order chi connectivity index (χ0) is 12.7. The van der Waals surface area contributed by atoms with Crippen molar-refractivity contribution in [1.29, 1.82) is 0 Å². The van der Waals surface area contributed by atoms with Crippen LogP contribution in [0.2, 0.25) is 0 Å². The Morgan fingerprint density at radius 3 is 2.83 bits per heavy atom. The highest BCUT2D eigenvalue weighted by molar-refractivity contribution is 9.10. The Labute approximate surface area is 119 Å². The lowest BCUT2D eigenvalue weighted by Crippen LogP contribution is -2.02. The van der Waals surface area contributed by atoms with Crippen molar-refractivity contribution in [2.24, 2.45) is 0 Å². The van der Waals surface area contributed by atoms with Gasteiger partial charge >= 0.3 is 0 Å². The van der Waals surface area contributed by atoms with Crippen LogP contribution in [0.1, 0.15) is 30.3 Å². The molecule has 1 aromatic carbocycles. The molecule has 94 valence electrons. The lowest BCUT2D eigenvalue weighted by atomic mass is 10.1. The normalized spacial score (nSPS) is 15.1. The van der Waals surface area contributed by atoms with Crippen molar-refractivity contribution in [2.45, 2.75) is 31.7 Å². The van der Waals surface area contributed by atoms with Crippen LogP contribution in [0.3, 0.4) is 0 Å². The number of benzene rings is 1. The van der Waals surface area contributed by atoms with Gasteiger partial charge in [-0.1, -0.05) is 27.6 Å². The molecule has 1 heterocycles. The summed E-state index contributed by atoms with van der Waals surface area (Å²) in [6, 6.07) is 6.78. The molecule has 1 aliphatic rings. The molecule has 2 aromatic rings. The summed E-state index contributed by atoms with van der Waals surface area (Å²) in [7, 11) is 0. The van der Waals surface area contributed by atoms with Crippen molar-refractivity contribution < 1.29 is 0 Å². The van der Waals surface area contributed by atoms with Crippen molar-refractivity contribution >= 4 is 27.5 Å². The van der Waals surface area contributed by atoms with Crippen molar-refractivity contribution in [1.82, 2.24) is 14.8 Å². The van der Waals surface area contributed by atoms with E-state index in [9.17, 15) is 0 Å². The minimum Gasteiger partial charge on any atom is -0.307 e. The molecule has 0 aliphatic heterocycles. The Morgan fingerprint density at radius 1 is 1.39 bits per heavy atom. The summed E-state index contributed by atoms with van der Waals surface area (Å²) < 4.78 is 3.23. The molecule has 1 aliphatic carbocycles. The third-order valence-electron chi connectivity index (χ3n) is 3.16. The number of alkyl halides is 1. The summed E-state index contributed by atoms with van der Waals surface area (Å²) in [5, 5.41) is 8.52. The van der Waals surface area contributed by atoms with Crippen LogP contribution in [0.4, 0.5) is 0 Å². The quantitative estimate of drug-likeness (QED) is 0.795. The van der Waals surface area contributed by atoms with Crippen LogP contribution in [0.25, 0.3) is 11.4 Å². The average molecular weight is 327 g/mol. The Morgan fingerprint density at radius 2 is 2.17 bits per heavy atom. The van der Waals surface area contributed by atoms with E-state index in [4.69, 9.17) is 11.6 Å². The molecule has 1 fully saturated rings. The maximum absolute atomic E-state index is 5.94. The molecular formula is C13H13BrClN3. The van der Waals surface area contributed by atoms with Gasteiger partial charge in [0.1, 0.15) is 5.82 Å². The Bertz CT molecular complexity index is 590. The maximum atomic E-state index is 5.94. The molecule has 5 heteroatoms. The molecule has 0 saturated heterocycles. The number of rotatable bonds is 3. The van der Waals surface area contributed by atoms with Gasteiger partial charge in [-0.05, 0) is 31.9 Å². The lowest BCUT2D eigenvalue weighted by molar-refractivity contribution is 0.711. The van der Waals surface area contributed by atoms with Gasteiger partial charge in [-0.15, -0.1) is 21.8 Å². The Kier molecular flexibility index (Phi) is 3.16. The predicted octanol–water partition coefficient (Wildman–Crippen LogP) is 4.09. The summed E-state index contributed by atoms with van der Waals surface area (Å²) in [4.78, 5) is 0. The van der Waals surface area contributed by atoms with E-state index in [0.29, 0.717) is 11.9 Å². The van der Waals surface area contributed by atoms with E-state index in [2.05, 4.69) is 55.8 Å². The number of hydrogen-bond acceptors (Lipinski definition) is 2. The van der Waals surface area contributed by atoms with Crippen molar-refractivity contribution in [3.8, 4) is 11.4 Å². The first-order valence-electron chi connectivity index (χ1n) is 5.97. The Hall–Kier alpha value is -0.870. The van der Waals surface area contributed by atoms with Gasteiger partial charge in [-0.2, -0.15) is 0 Å². The molecule has 0 radical (unpaired) electrons. The van der Waals surface area contributed by atoms with Gasteiger partial charge in [-0.25, -0.2) is 0 Å². The van der Waals surface area contributed by atoms with Crippen LogP contribution < -0.4 is 0 Å². The van der Waals surface area contributed by atoms with Crippen LogP contribution in [0.15, 0.2) is 22.7 Å². The standard InChI is InChI=1S/C13H13BrClN3/c1-8-2-5-11(14)10(6-8)13-17-16-12(7-15)18(13)9-3-4-9/h2,5-6,9H,3-4,7H2,1H3. The number of halogens is 2. The van der Waals surface area contributed by atoms with Crippen molar-refractivity contribution in [3.63, 3.8) is 0 Å². The van der Waals surface area contributed by atoms with Gasteiger partial charge < -0.3 is 4.57 Å². The largest absolute Gasteiger partial charge is 0.307 e. The molecule has 1 saturated carbocycles. The molecule has 3 nitrogen and oxygen atoms in total. The van der Waals surface area contributed by atoms with Crippen LogP contribution in [-0.4, -0.2) is 14.8 Å². The highest BCUT2D eigenvalue weighted by Gasteiger charge is 2.30. The van der Waals surface area contributed by atoms with Crippen molar-refractivity contribution in [3.05, 3.63) is 34.1 Å². The zero-order valence-electron chi connectivity index (χ0n) is 10.0. The SMILES string of the molecule is Cc1ccc(Br)c(-c2nnc(CCl)n2C2CC2)c1. The Balaban J connectivity index is 2.16. The zero-order valence-corrected chi connectivity index (χ0v) is 12.4. The summed E-state index contributed by atoms with van der Waals surface area (Å²) in [6.45, 7) is 2.08. The van der Waals surface area contributed by atoms with E-state index >= 15 is 0 Å². The van der Waals surface area contributed by atoms with Crippen LogP contribution >= 0.6 is 27.5 Å². The molecule has 0 N–H and O–H groups in total. The second-order valence-corrected chi connectivity index (χ2v) is 5.78. The second-order valence-electron chi connectivity index (χ2n) is 4.66. The molecule has 1 aromatic heterocycles. The first kappa shape index (κ1) is 12.2. The van der Waals surface area contributed by atoms with Gasteiger partial charge in [0.05, 0.1) is 5.88 Å². The van der Waals surface area contributed by atoms with Gasteiger partial charge in [0.25, 0.3) is 0 Å².